The number of aliphatic hydroxyl groups is 1. The maximum atomic E-state index is 9.61. The first-order valence-corrected chi connectivity index (χ1v) is 5.02. The van der Waals surface area contributed by atoms with Gasteiger partial charge in [-0.1, -0.05) is 24.3 Å². The van der Waals surface area contributed by atoms with Gasteiger partial charge < -0.3 is 15.9 Å². The van der Waals surface area contributed by atoms with E-state index in [9.17, 15) is 10.2 Å². The average molecular weight is 215 g/mol. The maximum Gasteiger partial charge on any atom is 0.138 e. The Morgan fingerprint density at radius 2 is 1.94 bits per heavy atom. The summed E-state index contributed by atoms with van der Waals surface area (Å²) in [5.41, 5.74) is 7.62. The second kappa shape index (κ2) is 4.14. The van der Waals surface area contributed by atoms with Crippen molar-refractivity contribution in [1.82, 2.24) is 0 Å². The van der Waals surface area contributed by atoms with E-state index in [2.05, 4.69) is 0 Å². The molecule has 0 amide bonds. The van der Waals surface area contributed by atoms with Gasteiger partial charge in [0.25, 0.3) is 0 Å². The van der Waals surface area contributed by atoms with Crippen LogP contribution in [0.1, 0.15) is 12.0 Å². The quantitative estimate of drug-likeness (QED) is 0.674. The maximum absolute atomic E-state index is 9.61. The van der Waals surface area contributed by atoms with E-state index in [0.717, 1.165) is 5.57 Å². The fourth-order valence-corrected chi connectivity index (χ4v) is 1.60. The number of aromatic hydroxyl groups is 1. The fourth-order valence-electron chi connectivity index (χ4n) is 1.60. The number of benzene rings is 1. The normalized spacial score (nSPS) is 18.1. The van der Waals surface area contributed by atoms with Crippen molar-refractivity contribution >= 4 is 6.08 Å². The molecule has 1 aromatic rings. The van der Waals surface area contributed by atoms with Crippen LogP contribution in [0.25, 0.3) is 6.08 Å². The zero-order valence-corrected chi connectivity index (χ0v) is 8.72. The second-order valence-electron chi connectivity index (χ2n) is 3.63. The first-order chi connectivity index (χ1) is 7.68. The van der Waals surface area contributed by atoms with Crippen molar-refractivity contribution in [3.63, 3.8) is 0 Å². The minimum atomic E-state index is 0.0768. The Balaban J connectivity index is 2.40. The molecule has 3 heteroatoms. The van der Waals surface area contributed by atoms with Gasteiger partial charge in [-0.15, -0.1) is 0 Å². The Labute approximate surface area is 93.8 Å². The highest BCUT2D eigenvalue weighted by molar-refractivity contribution is 5.64. The lowest BCUT2D eigenvalue weighted by Gasteiger charge is -2.11. The first kappa shape index (κ1) is 10.4. The van der Waals surface area contributed by atoms with Gasteiger partial charge in [-0.3, -0.25) is 0 Å². The van der Waals surface area contributed by atoms with E-state index >= 15 is 0 Å². The highest BCUT2D eigenvalue weighted by atomic mass is 16.3. The van der Waals surface area contributed by atoms with Crippen LogP contribution in [-0.4, -0.2) is 10.2 Å². The molecule has 1 aliphatic rings. The molecule has 0 heterocycles. The fraction of sp³-hybridized carbons (Fsp3) is 0.0769. The third kappa shape index (κ3) is 1.93. The highest BCUT2D eigenvalue weighted by Gasteiger charge is 2.10. The van der Waals surface area contributed by atoms with Gasteiger partial charge in [0.1, 0.15) is 11.5 Å². The molecule has 1 aliphatic carbocycles. The third-order valence-corrected chi connectivity index (χ3v) is 2.50. The molecule has 0 spiro atoms. The average Bonchev–Trinajstić information content (AvgIpc) is 2.28. The van der Waals surface area contributed by atoms with Crippen LogP contribution >= 0.6 is 0 Å². The Hall–Kier alpha value is -2.16. The van der Waals surface area contributed by atoms with Crippen molar-refractivity contribution in [2.45, 2.75) is 6.42 Å². The molecular weight excluding hydrogens is 202 g/mol. The van der Waals surface area contributed by atoms with Gasteiger partial charge in [-0.25, -0.2) is 0 Å². The van der Waals surface area contributed by atoms with Gasteiger partial charge in [0.05, 0.1) is 5.70 Å². The number of aliphatic hydroxyl groups excluding tert-OH is 1. The molecular formula is C13H13NO2. The molecule has 0 saturated carbocycles. The van der Waals surface area contributed by atoms with Crippen LogP contribution in [0.4, 0.5) is 0 Å². The van der Waals surface area contributed by atoms with Crippen LogP contribution in [0.3, 0.4) is 0 Å². The first-order valence-electron chi connectivity index (χ1n) is 5.02. The Kier molecular flexibility index (Phi) is 2.68. The topological polar surface area (TPSA) is 66.5 Å². The summed E-state index contributed by atoms with van der Waals surface area (Å²) in [5.74, 6) is 0.282. The van der Waals surface area contributed by atoms with Crippen molar-refractivity contribution in [3.8, 4) is 5.75 Å². The van der Waals surface area contributed by atoms with Gasteiger partial charge in [0, 0.05) is 5.56 Å². The van der Waals surface area contributed by atoms with Crippen LogP contribution in [0, 0.1) is 0 Å². The van der Waals surface area contributed by atoms with Crippen LogP contribution < -0.4 is 5.73 Å². The highest BCUT2D eigenvalue weighted by Crippen LogP contribution is 2.25. The van der Waals surface area contributed by atoms with E-state index in [1.54, 1.807) is 30.4 Å². The van der Waals surface area contributed by atoms with Gasteiger partial charge in [0.15, 0.2) is 0 Å². The number of hydrogen-bond acceptors (Lipinski definition) is 3. The molecule has 2 rings (SSSR count). The molecule has 0 fully saturated rings. The molecule has 0 radical (unpaired) electrons. The summed E-state index contributed by atoms with van der Waals surface area (Å²) in [7, 11) is 0. The lowest BCUT2D eigenvalue weighted by Crippen LogP contribution is -2.07. The van der Waals surface area contributed by atoms with Crippen molar-refractivity contribution in [2.75, 3.05) is 0 Å². The number of rotatable bonds is 1. The standard InChI is InChI=1S/C13H13NO2/c14-13-10(5-3-7-12(13)16)8-9-4-1-2-6-11(9)15/h1-4,6-8,15-16H,5,14H2. The molecule has 82 valence electrons. The van der Waals surface area contributed by atoms with E-state index in [0.29, 0.717) is 17.7 Å². The van der Waals surface area contributed by atoms with Crippen molar-refractivity contribution in [3.05, 3.63) is 59.0 Å². The molecule has 0 saturated heterocycles. The predicted molar refractivity (Wildman–Crippen MR) is 63.7 cm³/mol. The number of phenols is 1. The SMILES string of the molecule is NC1=C(O)C=CCC1=Cc1ccccc1O. The molecule has 0 bridgehead atoms. The number of nitrogens with two attached hydrogens (primary N) is 1. The van der Waals surface area contributed by atoms with Gasteiger partial charge in [-0.05, 0) is 30.2 Å². The summed E-state index contributed by atoms with van der Waals surface area (Å²) in [6.45, 7) is 0. The Bertz CT molecular complexity index is 498. The lowest BCUT2D eigenvalue weighted by atomic mass is 10.00. The van der Waals surface area contributed by atoms with Crippen LogP contribution in [-0.2, 0) is 0 Å². The molecule has 16 heavy (non-hydrogen) atoms. The smallest absolute Gasteiger partial charge is 0.138 e. The van der Waals surface area contributed by atoms with E-state index in [-0.39, 0.29) is 11.5 Å². The summed E-state index contributed by atoms with van der Waals surface area (Å²) in [6, 6.07) is 7.01. The van der Waals surface area contributed by atoms with Gasteiger partial charge in [0.2, 0.25) is 0 Å². The summed E-state index contributed by atoms with van der Waals surface area (Å²) in [4.78, 5) is 0. The lowest BCUT2D eigenvalue weighted by molar-refractivity contribution is 0.423. The van der Waals surface area contributed by atoms with Crippen LogP contribution in [0.2, 0.25) is 0 Å². The second-order valence-corrected chi connectivity index (χ2v) is 3.63. The zero-order chi connectivity index (χ0) is 11.5. The van der Waals surface area contributed by atoms with E-state index < -0.39 is 0 Å². The summed E-state index contributed by atoms with van der Waals surface area (Å²) in [6.07, 6.45) is 5.85. The molecule has 1 aromatic carbocycles. The number of allylic oxidation sites excluding steroid dienone is 3. The Morgan fingerprint density at radius 3 is 2.69 bits per heavy atom. The largest absolute Gasteiger partial charge is 0.507 e. The molecule has 0 aromatic heterocycles. The molecule has 0 atom stereocenters. The van der Waals surface area contributed by atoms with E-state index in [4.69, 9.17) is 5.73 Å². The molecule has 3 nitrogen and oxygen atoms in total. The zero-order valence-electron chi connectivity index (χ0n) is 8.72. The number of para-hydroxylation sites is 1. The molecule has 4 N–H and O–H groups in total. The number of hydrogen-bond donors (Lipinski definition) is 3. The van der Waals surface area contributed by atoms with Crippen molar-refractivity contribution < 1.29 is 10.2 Å². The summed E-state index contributed by atoms with van der Waals surface area (Å²) in [5, 5.41) is 19.1. The summed E-state index contributed by atoms with van der Waals surface area (Å²) >= 11 is 0. The predicted octanol–water partition coefficient (Wildman–Crippen LogP) is 2.46. The Morgan fingerprint density at radius 1 is 1.19 bits per heavy atom. The number of phenolic OH excluding ortho intramolecular Hbond substituents is 1. The minimum absolute atomic E-state index is 0.0768. The van der Waals surface area contributed by atoms with Crippen LogP contribution in [0.5, 0.6) is 5.75 Å². The van der Waals surface area contributed by atoms with Crippen molar-refractivity contribution in [2.24, 2.45) is 5.73 Å². The van der Waals surface area contributed by atoms with E-state index in [1.807, 2.05) is 12.1 Å². The third-order valence-electron chi connectivity index (χ3n) is 2.50. The monoisotopic (exact) mass is 215 g/mol. The molecule has 0 unspecified atom stereocenters. The van der Waals surface area contributed by atoms with Gasteiger partial charge in [-0.2, -0.15) is 0 Å². The minimum Gasteiger partial charge on any atom is -0.507 e. The molecule has 0 aliphatic heterocycles. The van der Waals surface area contributed by atoms with E-state index in [1.165, 1.54) is 0 Å². The van der Waals surface area contributed by atoms with Gasteiger partial charge >= 0.3 is 0 Å². The summed E-state index contributed by atoms with van der Waals surface area (Å²) < 4.78 is 0. The van der Waals surface area contributed by atoms with Crippen molar-refractivity contribution in [1.29, 1.82) is 0 Å². The van der Waals surface area contributed by atoms with Crippen LogP contribution in [0.15, 0.2) is 53.4 Å².